The lowest BCUT2D eigenvalue weighted by Crippen LogP contribution is -2.22. The number of hydrogen-bond donors (Lipinski definition) is 0. The third-order valence-corrected chi connectivity index (χ3v) is 2.20. The molecule has 0 saturated heterocycles. The molecule has 0 unspecified atom stereocenters. The zero-order valence-corrected chi connectivity index (χ0v) is 8.55. The largest absolute Gasteiger partial charge is 0.350 e. The minimum atomic E-state index is -0.306. The first-order valence-corrected chi connectivity index (χ1v) is 4.74. The van der Waals surface area contributed by atoms with E-state index in [2.05, 4.69) is 9.97 Å². The van der Waals surface area contributed by atoms with Gasteiger partial charge in [-0.1, -0.05) is 23.7 Å². The molecule has 1 aromatic heterocycles. The first kappa shape index (κ1) is 9.86. The third kappa shape index (κ3) is 2.41. The maximum Gasteiger partial charge on any atom is 0.350 e. The molecule has 0 N–H and O–H groups in total. The lowest BCUT2D eigenvalue weighted by atomic mass is 10.2. The van der Waals surface area contributed by atoms with Crippen LogP contribution in [0.5, 0.6) is 0 Å². The molecule has 0 radical (unpaired) electrons. The van der Waals surface area contributed by atoms with E-state index in [0.29, 0.717) is 11.6 Å². The predicted molar refractivity (Wildman–Crippen MR) is 56.8 cm³/mol. The van der Waals surface area contributed by atoms with Crippen LogP contribution in [0.15, 0.2) is 41.7 Å². The summed E-state index contributed by atoms with van der Waals surface area (Å²) >= 11 is 5.75. The molecule has 0 aliphatic heterocycles. The summed E-state index contributed by atoms with van der Waals surface area (Å²) in [6.07, 6.45) is 2.70. The molecule has 0 amide bonds. The van der Waals surface area contributed by atoms with Crippen LogP contribution in [0.3, 0.4) is 0 Å². The second-order valence-electron chi connectivity index (χ2n) is 3.05. The highest BCUT2D eigenvalue weighted by Crippen LogP contribution is 2.09. The summed E-state index contributed by atoms with van der Waals surface area (Å²) in [5, 5.41) is 0.676. The van der Waals surface area contributed by atoms with E-state index in [4.69, 9.17) is 11.6 Å². The van der Waals surface area contributed by atoms with Crippen LogP contribution in [0.1, 0.15) is 5.56 Å². The average molecular weight is 222 g/mol. The number of aromatic nitrogens is 3. The highest BCUT2D eigenvalue weighted by Gasteiger charge is 1.97. The Hall–Kier alpha value is -1.68. The van der Waals surface area contributed by atoms with Crippen molar-refractivity contribution in [1.29, 1.82) is 0 Å². The Morgan fingerprint density at radius 3 is 2.67 bits per heavy atom. The quantitative estimate of drug-likeness (QED) is 0.769. The third-order valence-electron chi connectivity index (χ3n) is 1.95. The van der Waals surface area contributed by atoms with Crippen molar-refractivity contribution in [3.05, 3.63) is 58.0 Å². The van der Waals surface area contributed by atoms with Gasteiger partial charge in [0.05, 0.1) is 6.54 Å². The fourth-order valence-electron chi connectivity index (χ4n) is 1.21. The van der Waals surface area contributed by atoms with Gasteiger partial charge in [-0.15, -0.1) is 0 Å². The minimum absolute atomic E-state index is 0.306. The van der Waals surface area contributed by atoms with E-state index in [1.807, 2.05) is 12.1 Å². The predicted octanol–water partition coefficient (Wildman–Crippen LogP) is 1.34. The van der Waals surface area contributed by atoms with Crippen LogP contribution in [-0.2, 0) is 6.54 Å². The zero-order valence-electron chi connectivity index (χ0n) is 7.80. The van der Waals surface area contributed by atoms with E-state index in [0.717, 1.165) is 5.56 Å². The standard InChI is InChI=1S/C10H8ClN3O/c11-9-3-1-8(2-4-9)5-14-7-12-6-13-10(14)15/h1-4,6-7H,5H2. The molecule has 0 aliphatic carbocycles. The molecule has 0 aliphatic rings. The highest BCUT2D eigenvalue weighted by molar-refractivity contribution is 6.30. The molecule has 76 valence electrons. The Labute approximate surface area is 91.2 Å². The van der Waals surface area contributed by atoms with Crippen LogP contribution >= 0.6 is 11.6 Å². The number of nitrogens with zero attached hydrogens (tertiary/aromatic N) is 3. The SMILES string of the molecule is O=c1ncncn1Cc1ccc(Cl)cc1. The van der Waals surface area contributed by atoms with Crippen LogP contribution in [-0.4, -0.2) is 14.5 Å². The first-order valence-electron chi connectivity index (χ1n) is 4.36. The van der Waals surface area contributed by atoms with E-state index < -0.39 is 0 Å². The number of rotatable bonds is 2. The van der Waals surface area contributed by atoms with Gasteiger partial charge in [0.1, 0.15) is 12.7 Å². The topological polar surface area (TPSA) is 47.8 Å². The summed E-state index contributed by atoms with van der Waals surface area (Å²) in [4.78, 5) is 18.6. The van der Waals surface area contributed by atoms with E-state index in [9.17, 15) is 4.79 Å². The number of hydrogen-bond acceptors (Lipinski definition) is 3. The Kier molecular flexibility index (Phi) is 2.78. The fourth-order valence-corrected chi connectivity index (χ4v) is 1.34. The van der Waals surface area contributed by atoms with Crippen molar-refractivity contribution in [2.45, 2.75) is 6.54 Å². The van der Waals surface area contributed by atoms with Gasteiger partial charge in [0.25, 0.3) is 0 Å². The van der Waals surface area contributed by atoms with Gasteiger partial charge in [-0.2, -0.15) is 4.98 Å². The van der Waals surface area contributed by atoms with Gasteiger partial charge >= 0.3 is 5.69 Å². The molecular weight excluding hydrogens is 214 g/mol. The molecule has 0 spiro atoms. The molecule has 2 aromatic rings. The maximum atomic E-state index is 11.3. The van der Waals surface area contributed by atoms with Crippen molar-refractivity contribution in [3.63, 3.8) is 0 Å². The molecule has 0 saturated carbocycles. The molecule has 0 fully saturated rings. The Balaban J connectivity index is 2.26. The molecule has 1 aromatic carbocycles. The van der Waals surface area contributed by atoms with E-state index in [-0.39, 0.29) is 5.69 Å². The van der Waals surface area contributed by atoms with E-state index >= 15 is 0 Å². The molecule has 0 atom stereocenters. The smallest absolute Gasteiger partial charge is 0.278 e. The van der Waals surface area contributed by atoms with Crippen LogP contribution in [0.2, 0.25) is 5.02 Å². The van der Waals surface area contributed by atoms with Crippen molar-refractivity contribution in [2.75, 3.05) is 0 Å². The van der Waals surface area contributed by atoms with Crippen molar-refractivity contribution in [1.82, 2.24) is 14.5 Å². The summed E-state index contributed by atoms with van der Waals surface area (Å²) in [6, 6.07) is 7.29. The van der Waals surface area contributed by atoms with Gasteiger partial charge in [0.2, 0.25) is 0 Å². The zero-order chi connectivity index (χ0) is 10.7. The summed E-state index contributed by atoms with van der Waals surface area (Å²) < 4.78 is 1.43. The first-order chi connectivity index (χ1) is 7.25. The summed E-state index contributed by atoms with van der Waals surface area (Å²) in [5.41, 5.74) is 0.677. The van der Waals surface area contributed by atoms with Gasteiger partial charge in [-0.3, -0.25) is 4.57 Å². The maximum absolute atomic E-state index is 11.3. The van der Waals surface area contributed by atoms with Gasteiger partial charge in [0.15, 0.2) is 0 Å². The number of halogens is 1. The van der Waals surface area contributed by atoms with Crippen LogP contribution in [0.25, 0.3) is 0 Å². The lowest BCUT2D eigenvalue weighted by Gasteiger charge is -2.03. The lowest BCUT2D eigenvalue weighted by molar-refractivity contribution is 0.699. The van der Waals surface area contributed by atoms with Gasteiger partial charge in [-0.05, 0) is 17.7 Å². The highest BCUT2D eigenvalue weighted by atomic mass is 35.5. The molecule has 0 bridgehead atoms. The van der Waals surface area contributed by atoms with Crippen LogP contribution in [0.4, 0.5) is 0 Å². The van der Waals surface area contributed by atoms with Crippen LogP contribution < -0.4 is 5.69 Å². The second-order valence-corrected chi connectivity index (χ2v) is 3.48. The minimum Gasteiger partial charge on any atom is -0.278 e. The van der Waals surface area contributed by atoms with Gasteiger partial charge < -0.3 is 0 Å². The Morgan fingerprint density at radius 1 is 1.27 bits per heavy atom. The fraction of sp³-hybridized carbons (Fsp3) is 0.100. The molecule has 15 heavy (non-hydrogen) atoms. The summed E-state index contributed by atoms with van der Waals surface area (Å²) in [6.45, 7) is 0.455. The van der Waals surface area contributed by atoms with Crippen molar-refractivity contribution in [2.24, 2.45) is 0 Å². The Bertz CT molecular complexity index is 507. The monoisotopic (exact) mass is 221 g/mol. The molecule has 1 heterocycles. The van der Waals surface area contributed by atoms with Crippen LogP contribution in [0, 0.1) is 0 Å². The molecule has 4 nitrogen and oxygen atoms in total. The molecule has 5 heteroatoms. The molecule has 2 rings (SSSR count). The van der Waals surface area contributed by atoms with E-state index in [1.165, 1.54) is 17.2 Å². The van der Waals surface area contributed by atoms with Gasteiger partial charge in [0, 0.05) is 5.02 Å². The summed E-state index contributed by atoms with van der Waals surface area (Å²) in [7, 11) is 0. The normalized spacial score (nSPS) is 10.2. The molecular formula is C10H8ClN3O. The summed E-state index contributed by atoms with van der Waals surface area (Å²) in [5.74, 6) is 0. The second kappa shape index (κ2) is 4.23. The van der Waals surface area contributed by atoms with Crippen molar-refractivity contribution < 1.29 is 0 Å². The van der Waals surface area contributed by atoms with E-state index in [1.54, 1.807) is 12.1 Å². The average Bonchev–Trinajstić information content (AvgIpc) is 2.25. The van der Waals surface area contributed by atoms with Crippen molar-refractivity contribution >= 4 is 11.6 Å². The number of benzene rings is 1. The van der Waals surface area contributed by atoms with Gasteiger partial charge in [-0.25, -0.2) is 9.78 Å². The van der Waals surface area contributed by atoms with Crippen molar-refractivity contribution in [3.8, 4) is 0 Å². The Morgan fingerprint density at radius 2 is 2.00 bits per heavy atom.